The molecule has 0 saturated heterocycles. The lowest BCUT2D eigenvalue weighted by Gasteiger charge is -2.22. The first kappa shape index (κ1) is 20.0. The van der Waals surface area contributed by atoms with Crippen LogP contribution in [0.25, 0.3) is 11.1 Å². The Morgan fingerprint density at radius 2 is 1.71 bits per heavy atom. The van der Waals surface area contributed by atoms with Gasteiger partial charge in [0.15, 0.2) is 0 Å². The van der Waals surface area contributed by atoms with E-state index < -0.39 is 0 Å². The monoisotopic (exact) mass is 410 g/mol. The van der Waals surface area contributed by atoms with E-state index in [0.29, 0.717) is 17.5 Å². The van der Waals surface area contributed by atoms with E-state index in [0.717, 1.165) is 30.2 Å². The second-order valence-corrected chi connectivity index (χ2v) is 9.34. The van der Waals surface area contributed by atoms with Gasteiger partial charge < -0.3 is 5.32 Å². The number of hydrogen-bond donors (Lipinski definition) is 1. The third kappa shape index (κ3) is 4.27. The van der Waals surface area contributed by atoms with Crippen molar-refractivity contribution in [3.05, 3.63) is 89.7 Å². The summed E-state index contributed by atoms with van der Waals surface area (Å²) in [5.41, 5.74) is 5.72. The van der Waals surface area contributed by atoms with E-state index in [2.05, 4.69) is 64.9 Å². The van der Waals surface area contributed by atoms with E-state index in [-0.39, 0.29) is 5.91 Å². The molecule has 1 heterocycles. The van der Waals surface area contributed by atoms with Crippen LogP contribution in [0.4, 0.5) is 0 Å². The molecule has 2 aromatic carbocycles. The fourth-order valence-corrected chi connectivity index (χ4v) is 5.89. The van der Waals surface area contributed by atoms with Gasteiger partial charge in [-0.05, 0) is 85.1 Å². The van der Waals surface area contributed by atoms with Crippen LogP contribution < -0.4 is 5.32 Å². The smallest absolute Gasteiger partial charge is 0.253 e. The first-order valence-electron chi connectivity index (χ1n) is 11.5. The molecular weight excluding hydrogens is 380 g/mol. The summed E-state index contributed by atoms with van der Waals surface area (Å²) in [5.74, 6) is 2.09. The zero-order chi connectivity index (χ0) is 21.2. The maximum atomic E-state index is 12.7. The Hall–Kier alpha value is -2.94. The molecule has 0 radical (unpaired) electrons. The topological polar surface area (TPSA) is 42.0 Å². The Kier molecular flexibility index (Phi) is 5.59. The highest BCUT2D eigenvalue weighted by atomic mass is 16.1. The van der Waals surface area contributed by atoms with Crippen molar-refractivity contribution in [3.8, 4) is 11.1 Å². The molecule has 2 fully saturated rings. The highest BCUT2D eigenvalue weighted by Gasteiger charge is 2.45. The number of aryl methyl sites for hydroxylation is 1. The minimum absolute atomic E-state index is 0.0286. The van der Waals surface area contributed by atoms with Gasteiger partial charge in [0.05, 0.1) is 5.56 Å². The van der Waals surface area contributed by atoms with E-state index in [1.54, 1.807) is 12.4 Å². The van der Waals surface area contributed by atoms with Crippen LogP contribution in [0, 0.1) is 24.7 Å². The normalized spacial score (nSPS) is 24.7. The standard InChI is InChI=1S/C28H30N2O/c1-19-14-24(18-29-17-19)28(31)30-27-13-12-25-23(10-11-26(25)27)16-20-6-5-9-22(15-20)21-7-3-2-4-8-21/h2-9,14-15,17-18,23,25-27H,10-13,16H2,1H3,(H,30,31)/t23?,25-,26+,27-/m0/s1. The molecule has 5 rings (SSSR count). The van der Waals surface area contributed by atoms with Crippen molar-refractivity contribution in [2.24, 2.45) is 17.8 Å². The lowest BCUT2D eigenvalue weighted by molar-refractivity contribution is 0.0925. The molecule has 2 saturated carbocycles. The van der Waals surface area contributed by atoms with Crippen molar-refractivity contribution in [1.82, 2.24) is 10.3 Å². The maximum absolute atomic E-state index is 12.7. The van der Waals surface area contributed by atoms with E-state index >= 15 is 0 Å². The highest BCUT2D eigenvalue weighted by molar-refractivity contribution is 5.94. The van der Waals surface area contributed by atoms with Crippen molar-refractivity contribution in [2.45, 2.75) is 45.1 Å². The van der Waals surface area contributed by atoms with Crippen molar-refractivity contribution in [2.75, 3.05) is 0 Å². The van der Waals surface area contributed by atoms with Crippen LogP contribution in [0.15, 0.2) is 73.1 Å². The molecule has 0 aliphatic heterocycles. The third-order valence-corrected chi connectivity index (χ3v) is 7.34. The molecular formula is C28H30N2O. The molecule has 1 N–H and O–H groups in total. The van der Waals surface area contributed by atoms with E-state index in [1.807, 2.05) is 13.0 Å². The first-order valence-corrected chi connectivity index (χ1v) is 11.5. The molecule has 3 nitrogen and oxygen atoms in total. The maximum Gasteiger partial charge on any atom is 0.253 e. The molecule has 2 aliphatic rings. The molecule has 3 aromatic rings. The van der Waals surface area contributed by atoms with Gasteiger partial charge in [-0.1, -0.05) is 54.6 Å². The van der Waals surface area contributed by atoms with E-state index in [4.69, 9.17) is 0 Å². The average Bonchev–Trinajstić information content (AvgIpc) is 3.38. The van der Waals surface area contributed by atoms with Gasteiger partial charge in [-0.25, -0.2) is 0 Å². The number of fused-ring (bicyclic) bond motifs is 1. The van der Waals surface area contributed by atoms with Gasteiger partial charge in [-0.15, -0.1) is 0 Å². The Bertz CT molecular complexity index is 1060. The largest absolute Gasteiger partial charge is 0.349 e. The van der Waals surface area contributed by atoms with E-state index in [9.17, 15) is 4.79 Å². The lowest BCUT2D eigenvalue weighted by atomic mass is 9.86. The molecule has 3 heteroatoms. The van der Waals surface area contributed by atoms with Crippen molar-refractivity contribution in [3.63, 3.8) is 0 Å². The second kappa shape index (κ2) is 8.66. The van der Waals surface area contributed by atoms with Crippen LogP contribution >= 0.6 is 0 Å². The van der Waals surface area contributed by atoms with Gasteiger partial charge in [0, 0.05) is 18.4 Å². The fraction of sp³-hybridized carbons (Fsp3) is 0.357. The summed E-state index contributed by atoms with van der Waals surface area (Å²) in [6.07, 6.45) is 9.42. The second-order valence-electron chi connectivity index (χ2n) is 9.34. The number of benzene rings is 2. The first-order chi connectivity index (χ1) is 15.2. The number of nitrogens with one attached hydrogen (secondary N) is 1. The summed E-state index contributed by atoms with van der Waals surface area (Å²) < 4.78 is 0. The predicted octanol–water partition coefficient (Wildman–Crippen LogP) is 5.83. The number of aromatic nitrogens is 1. The quantitative estimate of drug-likeness (QED) is 0.575. The van der Waals surface area contributed by atoms with Crippen molar-refractivity contribution < 1.29 is 4.79 Å². The summed E-state index contributed by atoms with van der Waals surface area (Å²) in [4.78, 5) is 16.9. The molecule has 1 amide bonds. The number of carbonyl (C=O) groups is 1. The van der Waals surface area contributed by atoms with Crippen LogP contribution in [0.3, 0.4) is 0 Å². The molecule has 0 spiro atoms. The third-order valence-electron chi connectivity index (χ3n) is 7.34. The van der Waals surface area contributed by atoms with Gasteiger partial charge in [-0.3, -0.25) is 9.78 Å². The van der Waals surface area contributed by atoms with E-state index in [1.165, 1.54) is 36.0 Å². The van der Waals surface area contributed by atoms with Crippen molar-refractivity contribution in [1.29, 1.82) is 0 Å². The van der Waals surface area contributed by atoms with Crippen LogP contribution in [-0.4, -0.2) is 16.9 Å². The number of hydrogen-bond acceptors (Lipinski definition) is 2. The molecule has 31 heavy (non-hydrogen) atoms. The molecule has 1 aromatic heterocycles. The van der Waals surface area contributed by atoms with Gasteiger partial charge in [0.2, 0.25) is 0 Å². The van der Waals surface area contributed by atoms with Gasteiger partial charge in [0.1, 0.15) is 0 Å². The SMILES string of the molecule is Cc1cncc(C(=O)N[C@H]2CC[C@H]3C(Cc4cccc(-c5ccccc5)c4)CC[C@@H]23)c1. The lowest BCUT2D eigenvalue weighted by Crippen LogP contribution is -2.37. The zero-order valence-corrected chi connectivity index (χ0v) is 18.1. The summed E-state index contributed by atoms with van der Waals surface area (Å²) in [6.45, 7) is 1.98. The van der Waals surface area contributed by atoms with Gasteiger partial charge >= 0.3 is 0 Å². The van der Waals surface area contributed by atoms with Gasteiger partial charge in [-0.2, -0.15) is 0 Å². The highest BCUT2D eigenvalue weighted by Crippen LogP contribution is 2.49. The average molecular weight is 411 g/mol. The van der Waals surface area contributed by atoms with Gasteiger partial charge in [0.25, 0.3) is 5.91 Å². The molecule has 4 atom stereocenters. The number of pyridine rings is 1. The Morgan fingerprint density at radius 3 is 2.55 bits per heavy atom. The fourth-order valence-electron chi connectivity index (χ4n) is 5.89. The van der Waals surface area contributed by atoms with Crippen molar-refractivity contribution >= 4 is 5.91 Å². The Labute approximate surface area is 184 Å². The van der Waals surface area contributed by atoms with Crippen LogP contribution in [-0.2, 0) is 6.42 Å². The molecule has 2 aliphatic carbocycles. The number of amides is 1. The molecule has 158 valence electrons. The number of nitrogens with zero attached hydrogens (tertiary/aromatic N) is 1. The minimum atomic E-state index is 0.0286. The number of carbonyl (C=O) groups excluding carboxylic acids is 1. The van der Waals surface area contributed by atoms with Crippen LogP contribution in [0.1, 0.15) is 47.2 Å². The summed E-state index contributed by atoms with van der Waals surface area (Å²) >= 11 is 0. The summed E-state index contributed by atoms with van der Waals surface area (Å²) in [5, 5.41) is 3.33. The number of rotatable bonds is 5. The summed E-state index contributed by atoms with van der Waals surface area (Å²) in [7, 11) is 0. The van der Waals surface area contributed by atoms with Crippen LogP contribution in [0.5, 0.6) is 0 Å². The Balaban J connectivity index is 1.24. The summed E-state index contributed by atoms with van der Waals surface area (Å²) in [6, 6.07) is 21.9. The Morgan fingerprint density at radius 1 is 0.903 bits per heavy atom. The minimum Gasteiger partial charge on any atom is -0.349 e. The predicted molar refractivity (Wildman–Crippen MR) is 125 cm³/mol. The van der Waals surface area contributed by atoms with Crippen LogP contribution in [0.2, 0.25) is 0 Å². The molecule has 1 unspecified atom stereocenters. The zero-order valence-electron chi connectivity index (χ0n) is 18.1. The molecule has 0 bridgehead atoms.